The van der Waals surface area contributed by atoms with Crippen LogP contribution in [0, 0.1) is 5.82 Å². The third-order valence-electron chi connectivity index (χ3n) is 3.59. The molecule has 8 heteroatoms. The summed E-state index contributed by atoms with van der Waals surface area (Å²) < 4.78 is 25.1. The van der Waals surface area contributed by atoms with Gasteiger partial charge in [0.25, 0.3) is 0 Å². The van der Waals surface area contributed by atoms with E-state index >= 15 is 0 Å². The summed E-state index contributed by atoms with van der Waals surface area (Å²) in [6, 6.07) is 10.5. The SMILES string of the molecule is O=C(O)c1nnn(-c2ccc3c(c2)OCO3)c1-c1ccc(F)cc1. The molecule has 0 radical (unpaired) electrons. The normalized spacial score (nSPS) is 12.4. The smallest absolute Gasteiger partial charge is 0.358 e. The quantitative estimate of drug-likeness (QED) is 0.795. The highest BCUT2D eigenvalue weighted by Gasteiger charge is 2.23. The van der Waals surface area contributed by atoms with Crippen LogP contribution in [0.1, 0.15) is 10.5 Å². The molecule has 1 aliphatic heterocycles. The van der Waals surface area contributed by atoms with Crippen molar-refractivity contribution in [3.05, 3.63) is 54.0 Å². The number of hydrogen-bond acceptors (Lipinski definition) is 5. The molecule has 0 amide bonds. The van der Waals surface area contributed by atoms with Gasteiger partial charge in [-0.1, -0.05) is 5.21 Å². The second-order valence-electron chi connectivity index (χ2n) is 5.05. The van der Waals surface area contributed by atoms with Crippen molar-refractivity contribution in [2.75, 3.05) is 6.79 Å². The summed E-state index contributed by atoms with van der Waals surface area (Å²) in [5, 5.41) is 17.0. The summed E-state index contributed by atoms with van der Waals surface area (Å²) in [5.74, 6) is -0.510. The number of ether oxygens (including phenoxy) is 2. The van der Waals surface area contributed by atoms with Gasteiger partial charge in [-0.05, 0) is 36.4 Å². The summed E-state index contributed by atoms with van der Waals surface area (Å²) in [5.41, 5.74) is 1.07. The van der Waals surface area contributed by atoms with Crippen molar-refractivity contribution >= 4 is 5.97 Å². The number of halogens is 1. The van der Waals surface area contributed by atoms with E-state index in [4.69, 9.17) is 9.47 Å². The number of fused-ring (bicyclic) bond motifs is 1. The summed E-state index contributed by atoms with van der Waals surface area (Å²) in [6.45, 7) is 0.126. The van der Waals surface area contributed by atoms with Crippen LogP contribution in [0.15, 0.2) is 42.5 Å². The number of aromatic nitrogens is 3. The number of hydrogen-bond donors (Lipinski definition) is 1. The molecule has 24 heavy (non-hydrogen) atoms. The number of carbonyl (C=O) groups is 1. The van der Waals surface area contributed by atoms with E-state index in [1.807, 2.05) is 0 Å². The molecule has 0 saturated carbocycles. The van der Waals surface area contributed by atoms with Gasteiger partial charge in [0.1, 0.15) is 11.5 Å². The molecular weight excluding hydrogens is 317 g/mol. The number of nitrogens with zero attached hydrogens (tertiary/aromatic N) is 3. The van der Waals surface area contributed by atoms with E-state index in [-0.39, 0.29) is 18.2 Å². The maximum atomic E-state index is 13.2. The average Bonchev–Trinajstić information content (AvgIpc) is 3.21. The van der Waals surface area contributed by atoms with Crippen molar-refractivity contribution in [2.45, 2.75) is 0 Å². The molecule has 2 heterocycles. The van der Waals surface area contributed by atoms with Crippen LogP contribution in [-0.4, -0.2) is 32.9 Å². The summed E-state index contributed by atoms with van der Waals surface area (Å²) in [7, 11) is 0. The summed E-state index contributed by atoms with van der Waals surface area (Å²) >= 11 is 0. The molecule has 0 saturated heterocycles. The van der Waals surface area contributed by atoms with Crippen molar-refractivity contribution in [2.24, 2.45) is 0 Å². The monoisotopic (exact) mass is 327 g/mol. The Labute approximate surface area is 134 Å². The van der Waals surface area contributed by atoms with Gasteiger partial charge >= 0.3 is 5.97 Å². The Morgan fingerprint density at radius 1 is 1.12 bits per heavy atom. The molecule has 0 unspecified atom stereocenters. The van der Waals surface area contributed by atoms with Gasteiger partial charge in [0, 0.05) is 11.6 Å². The second-order valence-corrected chi connectivity index (χ2v) is 5.05. The molecule has 120 valence electrons. The second kappa shape index (κ2) is 5.34. The molecule has 1 aromatic heterocycles. The van der Waals surface area contributed by atoms with E-state index in [0.29, 0.717) is 22.7 Å². The topological polar surface area (TPSA) is 86.5 Å². The summed E-state index contributed by atoms with van der Waals surface area (Å²) in [6.07, 6.45) is 0. The Bertz CT molecular complexity index is 937. The van der Waals surface area contributed by atoms with E-state index in [0.717, 1.165) is 0 Å². The molecule has 1 aliphatic rings. The van der Waals surface area contributed by atoms with Gasteiger partial charge in [-0.15, -0.1) is 5.10 Å². The first-order chi connectivity index (χ1) is 11.6. The fourth-order valence-electron chi connectivity index (χ4n) is 2.49. The first kappa shape index (κ1) is 14.2. The Hall–Kier alpha value is -3.42. The molecule has 0 aliphatic carbocycles. The van der Waals surface area contributed by atoms with Crippen molar-refractivity contribution in [3.8, 4) is 28.4 Å². The molecule has 0 spiro atoms. The Morgan fingerprint density at radius 2 is 1.88 bits per heavy atom. The van der Waals surface area contributed by atoms with Crippen LogP contribution < -0.4 is 9.47 Å². The number of aromatic carboxylic acids is 1. The van der Waals surface area contributed by atoms with Gasteiger partial charge in [0.15, 0.2) is 17.2 Å². The number of carboxylic acids is 1. The molecule has 0 atom stereocenters. The molecule has 2 aromatic carbocycles. The van der Waals surface area contributed by atoms with Gasteiger partial charge in [-0.3, -0.25) is 0 Å². The van der Waals surface area contributed by atoms with E-state index in [1.54, 1.807) is 18.2 Å². The van der Waals surface area contributed by atoms with E-state index < -0.39 is 11.8 Å². The maximum absolute atomic E-state index is 13.2. The fourth-order valence-corrected chi connectivity index (χ4v) is 2.49. The fraction of sp³-hybridized carbons (Fsp3) is 0.0625. The number of benzene rings is 2. The highest BCUT2D eigenvalue weighted by molar-refractivity contribution is 5.93. The van der Waals surface area contributed by atoms with Crippen LogP contribution in [-0.2, 0) is 0 Å². The number of rotatable bonds is 3. The van der Waals surface area contributed by atoms with Crippen molar-refractivity contribution in [1.29, 1.82) is 0 Å². The lowest BCUT2D eigenvalue weighted by molar-refractivity contribution is 0.0691. The largest absolute Gasteiger partial charge is 0.476 e. The van der Waals surface area contributed by atoms with Crippen molar-refractivity contribution in [1.82, 2.24) is 15.0 Å². The summed E-state index contributed by atoms with van der Waals surface area (Å²) in [4.78, 5) is 11.5. The molecule has 0 bridgehead atoms. The zero-order chi connectivity index (χ0) is 16.7. The zero-order valence-corrected chi connectivity index (χ0v) is 12.1. The van der Waals surface area contributed by atoms with Crippen LogP contribution in [0.2, 0.25) is 0 Å². The minimum atomic E-state index is -1.22. The molecule has 7 nitrogen and oxygen atoms in total. The lowest BCUT2D eigenvalue weighted by Crippen LogP contribution is -2.03. The Balaban J connectivity index is 1.90. The van der Waals surface area contributed by atoms with Gasteiger partial charge in [-0.25, -0.2) is 13.9 Å². The van der Waals surface area contributed by atoms with Crippen LogP contribution in [0.3, 0.4) is 0 Å². The highest BCUT2D eigenvalue weighted by atomic mass is 19.1. The van der Waals surface area contributed by atoms with Gasteiger partial charge in [0.05, 0.1) is 5.69 Å². The predicted molar refractivity (Wildman–Crippen MR) is 79.8 cm³/mol. The zero-order valence-electron chi connectivity index (χ0n) is 12.1. The molecule has 4 rings (SSSR count). The van der Waals surface area contributed by atoms with Gasteiger partial charge in [0.2, 0.25) is 6.79 Å². The third kappa shape index (κ3) is 2.24. The van der Waals surface area contributed by atoms with Crippen LogP contribution in [0.25, 0.3) is 16.9 Å². The van der Waals surface area contributed by atoms with Crippen molar-refractivity contribution < 1.29 is 23.8 Å². The highest BCUT2D eigenvalue weighted by Crippen LogP contribution is 2.35. The molecular formula is C16H10FN3O4. The number of carboxylic acid groups (broad SMARTS) is 1. The van der Waals surface area contributed by atoms with E-state index in [9.17, 15) is 14.3 Å². The molecule has 1 N–H and O–H groups in total. The van der Waals surface area contributed by atoms with E-state index in [2.05, 4.69) is 10.3 Å². The lowest BCUT2D eigenvalue weighted by Gasteiger charge is -2.08. The third-order valence-corrected chi connectivity index (χ3v) is 3.59. The minimum Gasteiger partial charge on any atom is -0.476 e. The predicted octanol–water partition coefficient (Wildman–Crippen LogP) is 2.50. The Morgan fingerprint density at radius 3 is 2.62 bits per heavy atom. The van der Waals surface area contributed by atoms with Crippen LogP contribution in [0.5, 0.6) is 11.5 Å². The van der Waals surface area contributed by atoms with Crippen LogP contribution >= 0.6 is 0 Å². The first-order valence-electron chi connectivity index (χ1n) is 6.98. The van der Waals surface area contributed by atoms with Crippen molar-refractivity contribution in [3.63, 3.8) is 0 Å². The lowest BCUT2D eigenvalue weighted by atomic mass is 10.1. The van der Waals surface area contributed by atoms with E-state index in [1.165, 1.54) is 28.9 Å². The Kier molecular flexibility index (Phi) is 3.16. The van der Waals surface area contributed by atoms with Gasteiger partial charge in [-0.2, -0.15) is 0 Å². The molecule has 3 aromatic rings. The van der Waals surface area contributed by atoms with Gasteiger partial charge < -0.3 is 14.6 Å². The maximum Gasteiger partial charge on any atom is 0.358 e. The first-order valence-corrected chi connectivity index (χ1v) is 6.98. The molecule has 0 fully saturated rings. The standard InChI is InChI=1S/C16H10FN3O4/c17-10-3-1-9(2-4-10)15-14(16(21)22)18-19-20(15)11-5-6-12-13(7-11)24-8-23-12/h1-7H,8H2,(H,21,22). The average molecular weight is 327 g/mol. The minimum absolute atomic E-state index is 0.126. The van der Waals surface area contributed by atoms with Crippen LogP contribution in [0.4, 0.5) is 4.39 Å².